The predicted molar refractivity (Wildman–Crippen MR) is 65.8 cm³/mol. The molecule has 1 atom stereocenters. The minimum Gasteiger partial charge on any atom is -0.359 e. The standard InChI is InChI=1S/C10H11ClN4S/c1-2-7(10-12-5-6-16-10)13-9-4-3-8(11)14-15-9/h3-7H,2H2,1H3,(H,13,15). The van der Waals surface area contributed by atoms with E-state index in [1.807, 2.05) is 11.4 Å². The molecule has 0 aliphatic carbocycles. The first kappa shape index (κ1) is 11.3. The number of aromatic nitrogens is 3. The zero-order valence-corrected chi connectivity index (χ0v) is 10.3. The van der Waals surface area contributed by atoms with Crippen molar-refractivity contribution in [3.05, 3.63) is 33.9 Å². The molecule has 84 valence electrons. The van der Waals surface area contributed by atoms with E-state index in [9.17, 15) is 0 Å². The summed E-state index contributed by atoms with van der Waals surface area (Å²) < 4.78 is 0. The normalized spacial score (nSPS) is 12.4. The Morgan fingerprint density at radius 2 is 2.31 bits per heavy atom. The maximum absolute atomic E-state index is 5.67. The van der Waals surface area contributed by atoms with Crippen LogP contribution in [-0.2, 0) is 0 Å². The molecule has 2 aromatic rings. The van der Waals surface area contributed by atoms with Gasteiger partial charge in [-0.1, -0.05) is 18.5 Å². The van der Waals surface area contributed by atoms with Gasteiger partial charge in [0, 0.05) is 11.6 Å². The molecule has 4 nitrogen and oxygen atoms in total. The third-order valence-corrected chi connectivity index (χ3v) is 3.20. The van der Waals surface area contributed by atoms with Crippen molar-refractivity contribution in [3.8, 4) is 0 Å². The summed E-state index contributed by atoms with van der Waals surface area (Å²) in [5.41, 5.74) is 0. The van der Waals surface area contributed by atoms with E-state index in [0.29, 0.717) is 11.0 Å². The first-order valence-electron chi connectivity index (χ1n) is 4.94. The van der Waals surface area contributed by atoms with E-state index >= 15 is 0 Å². The second-order valence-corrected chi connectivity index (χ2v) is 4.53. The molecule has 0 aliphatic rings. The van der Waals surface area contributed by atoms with Crippen LogP contribution in [0.4, 0.5) is 5.82 Å². The molecule has 0 bridgehead atoms. The fourth-order valence-electron chi connectivity index (χ4n) is 1.32. The van der Waals surface area contributed by atoms with Gasteiger partial charge in [0.15, 0.2) is 5.15 Å². The van der Waals surface area contributed by atoms with E-state index in [-0.39, 0.29) is 6.04 Å². The monoisotopic (exact) mass is 254 g/mol. The number of hydrogen-bond acceptors (Lipinski definition) is 5. The van der Waals surface area contributed by atoms with Gasteiger partial charge in [-0.3, -0.25) is 0 Å². The zero-order valence-electron chi connectivity index (χ0n) is 8.72. The van der Waals surface area contributed by atoms with E-state index in [2.05, 4.69) is 27.4 Å². The van der Waals surface area contributed by atoms with Crippen LogP contribution in [-0.4, -0.2) is 15.2 Å². The Balaban J connectivity index is 2.10. The van der Waals surface area contributed by atoms with Crippen LogP contribution in [0.2, 0.25) is 5.15 Å². The third-order valence-electron chi connectivity index (χ3n) is 2.11. The molecule has 1 unspecified atom stereocenters. The smallest absolute Gasteiger partial charge is 0.151 e. The van der Waals surface area contributed by atoms with Crippen LogP contribution in [0.3, 0.4) is 0 Å². The van der Waals surface area contributed by atoms with Crippen molar-refractivity contribution >= 4 is 28.8 Å². The molecule has 0 saturated carbocycles. The van der Waals surface area contributed by atoms with Crippen molar-refractivity contribution in [1.82, 2.24) is 15.2 Å². The summed E-state index contributed by atoms with van der Waals surface area (Å²) in [7, 11) is 0. The summed E-state index contributed by atoms with van der Waals surface area (Å²) >= 11 is 7.30. The maximum atomic E-state index is 5.67. The van der Waals surface area contributed by atoms with Gasteiger partial charge in [-0.25, -0.2) is 4.98 Å². The van der Waals surface area contributed by atoms with E-state index in [1.54, 1.807) is 23.6 Å². The number of rotatable bonds is 4. The molecular weight excluding hydrogens is 244 g/mol. The lowest BCUT2D eigenvalue weighted by Gasteiger charge is -2.14. The molecule has 0 amide bonds. The van der Waals surface area contributed by atoms with E-state index < -0.39 is 0 Å². The van der Waals surface area contributed by atoms with E-state index in [0.717, 1.165) is 11.4 Å². The van der Waals surface area contributed by atoms with Crippen molar-refractivity contribution in [3.63, 3.8) is 0 Å². The molecule has 2 heterocycles. The quantitative estimate of drug-likeness (QED) is 0.911. The molecule has 0 radical (unpaired) electrons. The lowest BCUT2D eigenvalue weighted by Crippen LogP contribution is -2.10. The van der Waals surface area contributed by atoms with Crippen LogP contribution in [0, 0.1) is 0 Å². The number of anilines is 1. The summed E-state index contributed by atoms with van der Waals surface area (Å²) in [4.78, 5) is 4.28. The van der Waals surface area contributed by atoms with E-state index in [4.69, 9.17) is 11.6 Å². The third kappa shape index (κ3) is 2.68. The number of halogens is 1. The van der Waals surface area contributed by atoms with Crippen LogP contribution in [0.15, 0.2) is 23.7 Å². The van der Waals surface area contributed by atoms with Gasteiger partial charge in [0.2, 0.25) is 0 Å². The van der Waals surface area contributed by atoms with Gasteiger partial charge >= 0.3 is 0 Å². The molecule has 16 heavy (non-hydrogen) atoms. The lowest BCUT2D eigenvalue weighted by molar-refractivity contribution is 0.734. The highest BCUT2D eigenvalue weighted by molar-refractivity contribution is 7.09. The number of thiazole rings is 1. The molecule has 0 fully saturated rings. The van der Waals surface area contributed by atoms with Crippen LogP contribution < -0.4 is 5.32 Å². The Labute approximate surface area is 103 Å². The number of hydrogen-bond donors (Lipinski definition) is 1. The summed E-state index contributed by atoms with van der Waals surface area (Å²) in [5.74, 6) is 0.714. The first-order valence-corrected chi connectivity index (χ1v) is 6.20. The van der Waals surface area contributed by atoms with Crippen molar-refractivity contribution in [2.45, 2.75) is 19.4 Å². The summed E-state index contributed by atoms with van der Waals surface area (Å²) in [5, 5.41) is 14.4. The van der Waals surface area contributed by atoms with Crippen molar-refractivity contribution in [2.24, 2.45) is 0 Å². The molecule has 0 aromatic carbocycles. The summed E-state index contributed by atoms with van der Waals surface area (Å²) in [6.45, 7) is 2.10. The minimum absolute atomic E-state index is 0.176. The Morgan fingerprint density at radius 1 is 1.44 bits per heavy atom. The van der Waals surface area contributed by atoms with Crippen LogP contribution in [0.1, 0.15) is 24.4 Å². The van der Waals surface area contributed by atoms with Crippen molar-refractivity contribution in [2.75, 3.05) is 5.32 Å². The van der Waals surface area contributed by atoms with Gasteiger partial charge in [0.1, 0.15) is 10.8 Å². The van der Waals surface area contributed by atoms with Crippen molar-refractivity contribution < 1.29 is 0 Å². The average Bonchev–Trinajstić information content (AvgIpc) is 2.82. The Morgan fingerprint density at radius 3 is 2.88 bits per heavy atom. The Bertz CT molecular complexity index is 429. The van der Waals surface area contributed by atoms with Crippen LogP contribution in [0.25, 0.3) is 0 Å². The fraction of sp³-hybridized carbons (Fsp3) is 0.300. The van der Waals surface area contributed by atoms with Crippen LogP contribution >= 0.6 is 22.9 Å². The van der Waals surface area contributed by atoms with Crippen molar-refractivity contribution in [1.29, 1.82) is 0 Å². The molecule has 2 aromatic heterocycles. The average molecular weight is 255 g/mol. The van der Waals surface area contributed by atoms with Gasteiger partial charge in [-0.05, 0) is 18.6 Å². The molecule has 2 rings (SSSR count). The molecule has 0 saturated heterocycles. The van der Waals surface area contributed by atoms with Gasteiger partial charge in [-0.2, -0.15) is 0 Å². The molecule has 0 aliphatic heterocycles. The molecule has 6 heteroatoms. The SMILES string of the molecule is CCC(Nc1ccc(Cl)nn1)c1nccs1. The molecule has 0 spiro atoms. The molecular formula is C10H11ClN4S. The lowest BCUT2D eigenvalue weighted by atomic mass is 10.2. The summed E-state index contributed by atoms with van der Waals surface area (Å²) in [6, 6.07) is 3.70. The van der Waals surface area contributed by atoms with Gasteiger partial charge in [-0.15, -0.1) is 21.5 Å². The maximum Gasteiger partial charge on any atom is 0.151 e. The van der Waals surface area contributed by atoms with Gasteiger partial charge in [0.25, 0.3) is 0 Å². The van der Waals surface area contributed by atoms with Gasteiger partial charge < -0.3 is 5.32 Å². The Hall–Kier alpha value is -1.20. The van der Waals surface area contributed by atoms with Crippen LogP contribution in [0.5, 0.6) is 0 Å². The first-order chi connectivity index (χ1) is 7.79. The largest absolute Gasteiger partial charge is 0.359 e. The fourth-order valence-corrected chi connectivity index (χ4v) is 2.19. The second kappa shape index (κ2) is 5.23. The highest BCUT2D eigenvalue weighted by atomic mass is 35.5. The molecule has 1 N–H and O–H groups in total. The summed E-state index contributed by atoms with van der Waals surface area (Å²) in [6.07, 6.45) is 2.75. The zero-order chi connectivity index (χ0) is 11.4. The Kier molecular flexibility index (Phi) is 3.69. The second-order valence-electron chi connectivity index (χ2n) is 3.22. The van der Waals surface area contributed by atoms with Gasteiger partial charge in [0.05, 0.1) is 6.04 Å². The highest BCUT2D eigenvalue weighted by Gasteiger charge is 2.12. The van der Waals surface area contributed by atoms with E-state index in [1.165, 1.54) is 0 Å². The number of nitrogens with zero attached hydrogens (tertiary/aromatic N) is 3. The topological polar surface area (TPSA) is 50.7 Å². The minimum atomic E-state index is 0.176. The predicted octanol–water partition coefficient (Wildman–Crippen LogP) is 3.15. The highest BCUT2D eigenvalue weighted by Crippen LogP contribution is 2.22. The number of nitrogens with one attached hydrogen (secondary N) is 1.